The first kappa shape index (κ1) is 14.0. The highest BCUT2D eigenvalue weighted by atomic mass is 19.4. The van der Waals surface area contributed by atoms with Gasteiger partial charge in [0.2, 0.25) is 5.82 Å². The van der Waals surface area contributed by atoms with Gasteiger partial charge in [0, 0.05) is 18.7 Å². The van der Waals surface area contributed by atoms with Crippen LogP contribution in [0.2, 0.25) is 0 Å². The van der Waals surface area contributed by atoms with Crippen molar-refractivity contribution in [2.45, 2.75) is 12.3 Å². The highest BCUT2D eigenvalue weighted by molar-refractivity contribution is 5.54. The van der Waals surface area contributed by atoms with E-state index >= 15 is 0 Å². The maximum Gasteiger partial charge on any atom is 0.471 e. The van der Waals surface area contributed by atoms with Gasteiger partial charge in [-0.3, -0.25) is 0 Å². The number of alkyl halides is 3. The summed E-state index contributed by atoms with van der Waals surface area (Å²) in [5, 5.41) is 6.56. The van der Waals surface area contributed by atoms with Crippen LogP contribution in [0.1, 0.15) is 17.6 Å². The first-order valence-electron chi connectivity index (χ1n) is 6.37. The SMILES string of the molecule is FC(F)(F)c1nc(-c2ccc(C3CNCCO3)cc2)no1. The number of nitrogens with zero attached hydrogens (tertiary/aromatic N) is 2. The highest BCUT2D eigenvalue weighted by Gasteiger charge is 2.38. The molecule has 0 bridgehead atoms. The van der Waals surface area contributed by atoms with Crippen LogP contribution in [-0.2, 0) is 10.9 Å². The summed E-state index contributed by atoms with van der Waals surface area (Å²) in [7, 11) is 0. The minimum atomic E-state index is -4.63. The van der Waals surface area contributed by atoms with Crippen LogP contribution in [0.15, 0.2) is 28.8 Å². The minimum Gasteiger partial charge on any atom is -0.371 e. The summed E-state index contributed by atoms with van der Waals surface area (Å²) in [5.41, 5.74) is 1.41. The van der Waals surface area contributed by atoms with Gasteiger partial charge in [0.05, 0.1) is 12.7 Å². The number of hydrogen-bond acceptors (Lipinski definition) is 5. The molecule has 1 aromatic carbocycles. The normalized spacial score (nSPS) is 19.7. The number of ether oxygens (including phenoxy) is 1. The molecule has 0 aliphatic carbocycles. The van der Waals surface area contributed by atoms with Gasteiger partial charge in [0.15, 0.2) is 0 Å². The number of rotatable bonds is 2. The van der Waals surface area contributed by atoms with E-state index in [0.717, 1.165) is 12.1 Å². The predicted octanol–water partition coefficient (Wildman–Crippen LogP) is 2.42. The van der Waals surface area contributed by atoms with Gasteiger partial charge in [-0.2, -0.15) is 18.2 Å². The van der Waals surface area contributed by atoms with Gasteiger partial charge in [0.1, 0.15) is 0 Å². The van der Waals surface area contributed by atoms with Gasteiger partial charge in [0.25, 0.3) is 0 Å². The highest BCUT2D eigenvalue weighted by Crippen LogP contribution is 2.29. The molecule has 1 aliphatic rings. The molecule has 2 aromatic rings. The standard InChI is InChI=1S/C13H12F3N3O2/c14-13(15,16)12-18-11(19-21-12)9-3-1-8(2-4-9)10-7-17-5-6-20-10/h1-4,10,17H,5-7H2. The summed E-state index contributed by atoms with van der Waals surface area (Å²) in [6.45, 7) is 2.16. The van der Waals surface area contributed by atoms with E-state index in [9.17, 15) is 13.2 Å². The number of benzene rings is 1. The molecule has 2 heterocycles. The Bertz CT molecular complexity index is 604. The van der Waals surface area contributed by atoms with Gasteiger partial charge in [-0.1, -0.05) is 29.4 Å². The molecule has 3 rings (SSSR count). The van der Waals surface area contributed by atoms with Crippen LogP contribution in [0.5, 0.6) is 0 Å². The molecule has 5 nitrogen and oxygen atoms in total. The second kappa shape index (κ2) is 5.45. The van der Waals surface area contributed by atoms with E-state index in [4.69, 9.17) is 4.74 Å². The molecular weight excluding hydrogens is 287 g/mol. The molecule has 0 amide bonds. The smallest absolute Gasteiger partial charge is 0.371 e. The summed E-state index contributed by atoms with van der Waals surface area (Å²) in [6, 6.07) is 6.88. The van der Waals surface area contributed by atoms with Crippen molar-refractivity contribution in [2.24, 2.45) is 0 Å². The Labute approximate surface area is 118 Å². The first-order chi connectivity index (χ1) is 10.0. The van der Waals surface area contributed by atoms with E-state index in [2.05, 4.69) is 20.0 Å². The molecule has 1 saturated heterocycles. The Hall–Kier alpha value is -1.93. The minimum absolute atomic E-state index is 0.0520. The van der Waals surface area contributed by atoms with E-state index in [1.54, 1.807) is 24.3 Å². The second-order valence-electron chi connectivity index (χ2n) is 4.61. The number of nitrogens with one attached hydrogen (secondary N) is 1. The summed E-state index contributed by atoms with van der Waals surface area (Å²) in [4.78, 5) is 3.35. The molecule has 1 fully saturated rings. The third kappa shape index (κ3) is 3.06. The Kier molecular flexibility index (Phi) is 3.64. The number of hydrogen-bond donors (Lipinski definition) is 1. The topological polar surface area (TPSA) is 60.2 Å². The van der Waals surface area contributed by atoms with Crippen molar-refractivity contribution in [1.82, 2.24) is 15.5 Å². The molecule has 1 aliphatic heterocycles. The molecule has 0 spiro atoms. The van der Waals surface area contributed by atoms with Gasteiger partial charge in [-0.05, 0) is 5.56 Å². The van der Waals surface area contributed by atoms with Crippen molar-refractivity contribution in [2.75, 3.05) is 19.7 Å². The van der Waals surface area contributed by atoms with E-state index in [-0.39, 0.29) is 11.9 Å². The van der Waals surface area contributed by atoms with Crippen LogP contribution in [0.4, 0.5) is 13.2 Å². The van der Waals surface area contributed by atoms with Crippen LogP contribution in [0, 0.1) is 0 Å². The Morgan fingerprint density at radius 1 is 1.19 bits per heavy atom. The molecule has 0 saturated carbocycles. The summed E-state index contributed by atoms with van der Waals surface area (Å²) in [6.07, 6.45) is -4.68. The Morgan fingerprint density at radius 2 is 1.95 bits per heavy atom. The van der Waals surface area contributed by atoms with Crippen molar-refractivity contribution < 1.29 is 22.4 Å². The molecule has 1 atom stereocenters. The average molecular weight is 299 g/mol. The van der Waals surface area contributed by atoms with E-state index < -0.39 is 12.1 Å². The number of morpholine rings is 1. The molecule has 8 heteroatoms. The lowest BCUT2D eigenvalue weighted by molar-refractivity contribution is -0.159. The van der Waals surface area contributed by atoms with E-state index in [0.29, 0.717) is 18.7 Å². The van der Waals surface area contributed by atoms with Gasteiger partial charge in [-0.15, -0.1) is 0 Å². The molecule has 0 radical (unpaired) electrons. The lowest BCUT2D eigenvalue weighted by atomic mass is 10.1. The average Bonchev–Trinajstić information content (AvgIpc) is 2.98. The van der Waals surface area contributed by atoms with Gasteiger partial charge >= 0.3 is 12.1 Å². The third-order valence-electron chi connectivity index (χ3n) is 3.14. The summed E-state index contributed by atoms with van der Waals surface area (Å²) in [5.74, 6) is -1.43. The lowest BCUT2D eigenvalue weighted by Gasteiger charge is -2.23. The largest absolute Gasteiger partial charge is 0.471 e. The van der Waals surface area contributed by atoms with E-state index in [1.165, 1.54) is 0 Å². The molecule has 1 unspecified atom stereocenters. The molecule has 21 heavy (non-hydrogen) atoms. The van der Waals surface area contributed by atoms with Crippen molar-refractivity contribution >= 4 is 0 Å². The fourth-order valence-corrected chi connectivity index (χ4v) is 2.08. The third-order valence-corrected chi connectivity index (χ3v) is 3.14. The van der Waals surface area contributed by atoms with Crippen LogP contribution in [0.3, 0.4) is 0 Å². The van der Waals surface area contributed by atoms with E-state index in [1.807, 2.05) is 0 Å². The second-order valence-corrected chi connectivity index (χ2v) is 4.61. The van der Waals surface area contributed by atoms with Crippen LogP contribution in [0.25, 0.3) is 11.4 Å². The van der Waals surface area contributed by atoms with Crippen molar-refractivity contribution in [3.8, 4) is 11.4 Å². The zero-order valence-corrected chi connectivity index (χ0v) is 10.9. The zero-order chi connectivity index (χ0) is 14.9. The monoisotopic (exact) mass is 299 g/mol. The quantitative estimate of drug-likeness (QED) is 0.923. The number of halogens is 3. The Morgan fingerprint density at radius 3 is 2.52 bits per heavy atom. The van der Waals surface area contributed by atoms with Crippen LogP contribution in [-0.4, -0.2) is 29.8 Å². The summed E-state index contributed by atoms with van der Waals surface area (Å²) >= 11 is 0. The fraction of sp³-hybridized carbons (Fsp3) is 0.385. The zero-order valence-electron chi connectivity index (χ0n) is 10.9. The van der Waals surface area contributed by atoms with Crippen molar-refractivity contribution in [3.05, 3.63) is 35.7 Å². The molecular formula is C13H12F3N3O2. The van der Waals surface area contributed by atoms with Crippen molar-refractivity contribution in [1.29, 1.82) is 0 Å². The lowest BCUT2D eigenvalue weighted by Crippen LogP contribution is -2.33. The Balaban J connectivity index is 1.79. The summed E-state index contributed by atoms with van der Waals surface area (Å²) < 4.78 is 47.0. The van der Waals surface area contributed by atoms with Crippen molar-refractivity contribution in [3.63, 3.8) is 0 Å². The number of aromatic nitrogens is 2. The first-order valence-corrected chi connectivity index (χ1v) is 6.37. The predicted molar refractivity (Wildman–Crippen MR) is 66.3 cm³/mol. The molecule has 1 N–H and O–H groups in total. The fourth-order valence-electron chi connectivity index (χ4n) is 2.08. The maximum atomic E-state index is 12.4. The molecule has 112 valence electrons. The molecule has 1 aromatic heterocycles. The van der Waals surface area contributed by atoms with Gasteiger partial charge < -0.3 is 14.6 Å². The van der Waals surface area contributed by atoms with Crippen LogP contribution >= 0.6 is 0 Å². The maximum absolute atomic E-state index is 12.4. The van der Waals surface area contributed by atoms with Gasteiger partial charge in [-0.25, -0.2) is 0 Å². The van der Waals surface area contributed by atoms with Crippen LogP contribution < -0.4 is 5.32 Å².